The number of aryl methyl sites for hydroxylation is 1. The maximum atomic E-state index is 8.92. The van der Waals surface area contributed by atoms with Gasteiger partial charge in [0.25, 0.3) is 0 Å². The maximum Gasteiger partial charge on any atom is 0.0645 e. The topological polar surface area (TPSA) is 8.17 Å². The molecular formula is C51H34N2. The van der Waals surface area contributed by atoms with E-state index < -0.39 is 24.2 Å². The van der Waals surface area contributed by atoms with Crippen molar-refractivity contribution < 1.29 is 11.0 Å². The Kier molecular flexibility index (Phi) is 4.98. The second-order valence-electron chi connectivity index (χ2n) is 13.7. The van der Waals surface area contributed by atoms with Crippen LogP contribution in [0, 0.1) is 6.92 Å². The normalized spacial score (nSPS) is 14.0. The molecule has 248 valence electrons. The minimum Gasteiger partial charge on any atom is -0.310 e. The number of hydrogen-bond acceptors (Lipinski definition) is 1. The van der Waals surface area contributed by atoms with Crippen molar-refractivity contribution in [2.75, 3.05) is 4.90 Å². The van der Waals surface area contributed by atoms with Crippen LogP contribution in [0.15, 0.2) is 188 Å². The van der Waals surface area contributed by atoms with Gasteiger partial charge in [0.15, 0.2) is 0 Å². The van der Waals surface area contributed by atoms with Gasteiger partial charge >= 0.3 is 0 Å². The molecule has 1 heterocycles. The Morgan fingerprint density at radius 3 is 1.72 bits per heavy atom. The largest absolute Gasteiger partial charge is 0.310 e. The zero-order valence-electron chi connectivity index (χ0n) is 36.7. The number of anilines is 3. The fourth-order valence-electron chi connectivity index (χ4n) is 8.05. The molecule has 11 rings (SSSR count). The molecule has 0 radical (unpaired) electrons. The van der Waals surface area contributed by atoms with Crippen LogP contribution >= 0.6 is 0 Å². The molecule has 0 N–H and O–H groups in total. The van der Waals surface area contributed by atoms with Crippen molar-refractivity contribution in [1.82, 2.24) is 4.57 Å². The van der Waals surface area contributed by atoms with Crippen LogP contribution in [0.4, 0.5) is 17.1 Å². The zero-order valence-corrected chi connectivity index (χ0v) is 28.7. The van der Waals surface area contributed by atoms with Crippen molar-refractivity contribution >= 4 is 60.4 Å². The van der Waals surface area contributed by atoms with E-state index in [2.05, 4.69) is 127 Å². The third kappa shape index (κ3) is 4.66. The predicted octanol–water partition coefficient (Wildman–Crippen LogP) is 14.2. The van der Waals surface area contributed by atoms with E-state index in [1.54, 1.807) is 4.57 Å². The summed E-state index contributed by atoms with van der Waals surface area (Å²) in [4.78, 5) is 2.33. The Morgan fingerprint density at radius 1 is 0.453 bits per heavy atom. The highest BCUT2D eigenvalue weighted by atomic mass is 15.1. The van der Waals surface area contributed by atoms with Crippen molar-refractivity contribution in [1.29, 1.82) is 0 Å². The van der Waals surface area contributed by atoms with Gasteiger partial charge in [-0.05, 0) is 146 Å². The molecule has 53 heavy (non-hydrogen) atoms. The number of rotatable bonds is 5. The van der Waals surface area contributed by atoms with E-state index in [4.69, 9.17) is 11.0 Å². The smallest absolute Gasteiger partial charge is 0.0645 e. The third-order valence-corrected chi connectivity index (χ3v) is 10.6. The van der Waals surface area contributed by atoms with E-state index in [-0.39, 0.29) is 46.0 Å². The molecule has 1 aromatic heterocycles. The van der Waals surface area contributed by atoms with Crippen molar-refractivity contribution in [2.45, 2.75) is 6.92 Å². The minimum atomic E-state index is -0.457. The number of aromatic nitrogens is 1. The average molecular weight is 683 g/mol. The van der Waals surface area contributed by atoms with Crippen molar-refractivity contribution in [2.24, 2.45) is 0 Å². The molecule has 1 aliphatic rings. The van der Waals surface area contributed by atoms with Crippen molar-refractivity contribution in [3.05, 3.63) is 193 Å². The average Bonchev–Trinajstić information content (AvgIpc) is 3.65. The van der Waals surface area contributed by atoms with Crippen molar-refractivity contribution in [3.8, 4) is 39.1 Å². The van der Waals surface area contributed by atoms with Gasteiger partial charge < -0.3 is 9.47 Å². The van der Waals surface area contributed by atoms with E-state index in [1.165, 1.54) is 5.56 Å². The Labute approximate surface area is 319 Å². The highest BCUT2D eigenvalue weighted by molar-refractivity contribution is 6.13. The van der Waals surface area contributed by atoms with Crippen LogP contribution in [0.3, 0.4) is 0 Å². The summed E-state index contributed by atoms with van der Waals surface area (Å²) in [5.41, 5.74) is 12.0. The number of para-hydroxylation sites is 3. The van der Waals surface area contributed by atoms with Gasteiger partial charge in [0.1, 0.15) is 0 Å². The maximum absolute atomic E-state index is 8.92. The van der Waals surface area contributed by atoms with Crippen LogP contribution in [0.5, 0.6) is 0 Å². The molecule has 2 heteroatoms. The Morgan fingerprint density at radius 2 is 1.02 bits per heavy atom. The fourth-order valence-corrected chi connectivity index (χ4v) is 8.05. The van der Waals surface area contributed by atoms with E-state index in [1.807, 2.05) is 24.3 Å². The van der Waals surface area contributed by atoms with Gasteiger partial charge in [-0.2, -0.15) is 0 Å². The number of hydrogen-bond donors (Lipinski definition) is 0. The lowest BCUT2D eigenvalue weighted by molar-refractivity contribution is 1.19. The Balaban J connectivity index is 1.03. The molecule has 0 amide bonds. The first-order valence-electron chi connectivity index (χ1n) is 21.7. The molecule has 0 aliphatic heterocycles. The fraction of sp³-hybridized carbons (Fsp3) is 0.0196. The third-order valence-electron chi connectivity index (χ3n) is 10.6. The molecule has 0 unspecified atom stereocenters. The van der Waals surface area contributed by atoms with Crippen molar-refractivity contribution in [3.63, 3.8) is 0 Å². The summed E-state index contributed by atoms with van der Waals surface area (Å²) in [5.74, 6) is 0. The molecule has 0 bridgehead atoms. The molecule has 0 saturated carbocycles. The lowest BCUT2D eigenvalue weighted by Gasteiger charge is -2.29. The molecule has 9 aromatic carbocycles. The van der Waals surface area contributed by atoms with E-state index in [9.17, 15) is 0 Å². The lowest BCUT2D eigenvalue weighted by Crippen LogP contribution is -2.11. The van der Waals surface area contributed by atoms with Gasteiger partial charge in [0.05, 0.1) is 22.0 Å². The van der Waals surface area contributed by atoms with Crippen LogP contribution in [-0.4, -0.2) is 4.57 Å². The number of benzene rings is 9. The summed E-state index contributed by atoms with van der Waals surface area (Å²) in [7, 11) is 0. The molecule has 0 saturated heterocycles. The quantitative estimate of drug-likeness (QED) is 0.175. The van der Waals surface area contributed by atoms with E-state index >= 15 is 0 Å². The van der Waals surface area contributed by atoms with Gasteiger partial charge in [-0.3, -0.25) is 0 Å². The van der Waals surface area contributed by atoms with Crippen LogP contribution in [0.25, 0.3) is 82.4 Å². The summed E-state index contributed by atoms with van der Waals surface area (Å²) in [6.45, 7) is 2.14. The van der Waals surface area contributed by atoms with Gasteiger partial charge in [0, 0.05) is 33.5 Å². The summed E-state index contributed by atoms with van der Waals surface area (Å²) >= 11 is 0. The monoisotopic (exact) mass is 682 g/mol. The molecule has 0 atom stereocenters. The SMILES string of the molecule is [2H]c1c([2H])c([2H])c2c(c1[2H])c1c([2H])c([2H])c([2H])c([2H])c1n2-c1ccc2cc3c(cc2c1)-c1cc2ccc(N(c4cccc(-c5ccccc5)c4)c4ccccc4C)cc2cc1-3. The first-order chi connectivity index (χ1) is 29.5. The molecule has 0 spiro atoms. The van der Waals surface area contributed by atoms with Crippen LogP contribution in [0.1, 0.15) is 16.5 Å². The van der Waals surface area contributed by atoms with Crippen LogP contribution in [0.2, 0.25) is 0 Å². The molecule has 2 nitrogen and oxygen atoms in total. The van der Waals surface area contributed by atoms with Gasteiger partial charge in [-0.25, -0.2) is 0 Å². The highest BCUT2D eigenvalue weighted by Crippen LogP contribution is 2.51. The second kappa shape index (κ2) is 11.6. The van der Waals surface area contributed by atoms with E-state index in [0.29, 0.717) is 5.69 Å². The van der Waals surface area contributed by atoms with E-state index in [0.717, 1.165) is 72.0 Å². The molecule has 1 aliphatic carbocycles. The minimum absolute atomic E-state index is 0.0666. The standard InChI is InChI=1S/C51H34N2/c1-33-12-5-8-19-49(33)52(40-16-11-15-35(26-40)34-13-3-2-4-14-34)41-24-22-36-29-45-47(31-38(36)27-41)46-30-37-23-25-42(28-39(37)32-48(45)46)53-50-20-9-6-17-43(50)44-18-7-10-21-51(44)53/h2-32H,1H3/i6D,7D,9D,10D,17D,18D,20D,21D. The Bertz CT molecular complexity index is 3460. The highest BCUT2D eigenvalue weighted by Gasteiger charge is 2.25. The van der Waals surface area contributed by atoms with Gasteiger partial charge in [0.2, 0.25) is 0 Å². The number of fused-ring (bicyclic) bond motifs is 9. The summed E-state index contributed by atoms with van der Waals surface area (Å²) in [6.07, 6.45) is 0. The van der Waals surface area contributed by atoms with Crippen LogP contribution < -0.4 is 4.90 Å². The predicted molar refractivity (Wildman–Crippen MR) is 225 cm³/mol. The van der Waals surface area contributed by atoms with Gasteiger partial charge in [-0.15, -0.1) is 0 Å². The summed E-state index contributed by atoms with van der Waals surface area (Å²) < 4.78 is 70.7. The zero-order chi connectivity index (χ0) is 42.0. The van der Waals surface area contributed by atoms with Gasteiger partial charge in [-0.1, -0.05) is 109 Å². The molecule has 10 aromatic rings. The summed E-state index contributed by atoms with van der Waals surface area (Å²) in [5, 5.41) is 4.22. The Hall–Kier alpha value is -6.90. The second-order valence-corrected chi connectivity index (χ2v) is 13.7. The first-order valence-corrected chi connectivity index (χ1v) is 17.7. The molecular weight excluding hydrogens is 641 g/mol. The lowest BCUT2D eigenvalue weighted by atomic mass is 9.78. The van der Waals surface area contributed by atoms with Crippen LogP contribution in [-0.2, 0) is 0 Å². The summed E-state index contributed by atoms with van der Waals surface area (Å²) in [6, 6.07) is 45.6. The number of nitrogens with zero attached hydrogens (tertiary/aromatic N) is 2. The first kappa shape index (κ1) is 22.8. The molecule has 0 fully saturated rings.